The molecule has 0 spiro atoms. The van der Waals surface area contributed by atoms with Gasteiger partial charge in [0.05, 0.1) is 11.1 Å². The highest BCUT2D eigenvalue weighted by atomic mass is 16.3. The van der Waals surface area contributed by atoms with E-state index >= 15 is 0 Å². The molecule has 0 atom stereocenters. The van der Waals surface area contributed by atoms with E-state index < -0.39 is 0 Å². The average Bonchev–Trinajstić information content (AvgIpc) is 2.91. The molecule has 0 radical (unpaired) electrons. The van der Waals surface area contributed by atoms with Crippen molar-refractivity contribution in [1.29, 1.82) is 0 Å². The van der Waals surface area contributed by atoms with Crippen molar-refractivity contribution in [2.75, 3.05) is 0 Å². The van der Waals surface area contributed by atoms with Gasteiger partial charge in [-0.05, 0) is 48.8 Å². The van der Waals surface area contributed by atoms with E-state index in [1.165, 1.54) is 12.1 Å². The first-order chi connectivity index (χ1) is 10.7. The van der Waals surface area contributed by atoms with Gasteiger partial charge in [-0.2, -0.15) is 0 Å². The summed E-state index contributed by atoms with van der Waals surface area (Å²) in [5.41, 5.74) is 2.92. The summed E-state index contributed by atoms with van der Waals surface area (Å²) >= 11 is 0. The predicted octanol–water partition coefficient (Wildman–Crippen LogP) is 3.38. The van der Waals surface area contributed by atoms with Crippen LogP contribution in [0.4, 0.5) is 0 Å². The largest absolute Gasteiger partial charge is 0.508 e. The lowest BCUT2D eigenvalue weighted by atomic mass is 10.1. The van der Waals surface area contributed by atoms with Crippen molar-refractivity contribution in [2.45, 2.75) is 12.8 Å². The minimum Gasteiger partial charge on any atom is -0.508 e. The topological polar surface area (TPSA) is 63.3 Å². The minimum atomic E-state index is -0.0133. The highest BCUT2D eigenvalue weighted by molar-refractivity contribution is 5.86. The van der Waals surface area contributed by atoms with Gasteiger partial charge in [0.2, 0.25) is 0 Å². The van der Waals surface area contributed by atoms with Gasteiger partial charge in [-0.3, -0.25) is 9.78 Å². The first kappa shape index (κ1) is 12.8. The number of hydrogen-bond acceptors (Lipinski definition) is 4. The monoisotopic (exact) mass is 291 g/mol. The van der Waals surface area contributed by atoms with E-state index in [9.17, 15) is 9.90 Å². The Labute approximate surface area is 126 Å². The van der Waals surface area contributed by atoms with Crippen molar-refractivity contribution in [1.82, 2.24) is 4.98 Å². The van der Waals surface area contributed by atoms with Crippen LogP contribution in [-0.4, -0.2) is 10.1 Å². The molecule has 22 heavy (non-hydrogen) atoms. The van der Waals surface area contributed by atoms with E-state index in [1.807, 2.05) is 24.3 Å². The molecule has 108 valence electrons. The van der Waals surface area contributed by atoms with E-state index in [0.29, 0.717) is 28.7 Å². The second-order valence-corrected chi connectivity index (χ2v) is 5.34. The number of pyridine rings is 1. The Hall–Kier alpha value is -2.88. The van der Waals surface area contributed by atoms with E-state index in [2.05, 4.69) is 4.98 Å². The summed E-state index contributed by atoms with van der Waals surface area (Å²) in [6.45, 7) is 0. The third-order valence-electron chi connectivity index (χ3n) is 3.92. The molecule has 0 saturated carbocycles. The maximum absolute atomic E-state index is 12.5. The fraction of sp³-hybridized carbons (Fsp3) is 0.111. The van der Waals surface area contributed by atoms with Gasteiger partial charge in [0.15, 0.2) is 5.43 Å². The van der Waals surface area contributed by atoms with E-state index in [4.69, 9.17) is 4.42 Å². The number of rotatable bonds is 1. The fourth-order valence-electron chi connectivity index (χ4n) is 2.86. The molecule has 4 nitrogen and oxygen atoms in total. The Morgan fingerprint density at radius 3 is 2.91 bits per heavy atom. The molecule has 3 aromatic rings. The average molecular weight is 291 g/mol. The molecular formula is C18H13NO3. The normalized spacial score (nSPS) is 15.4. The molecule has 0 saturated heterocycles. The van der Waals surface area contributed by atoms with Crippen molar-refractivity contribution in [3.05, 3.63) is 69.8 Å². The van der Waals surface area contributed by atoms with Crippen LogP contribution in [0.3, 0.4) is 0 Å². The van der Waals surface area contributed by atoms with Crippen molar-refractivity contribution < 1.29 is 9.52 Å². The van der Waals surface area contributed by atoms with Crippen molar-refractivity contribution in [2.24, 2.45) is 0 Å². The molecule has 1 N–H and O–H groups in total. The van der Waals surface area contributed by atoms with Crippen LogP contribution in [0.2, 0.25) is 0 Å². The molecule has 1 aliphatic carbocycles. The summed E-state index contributed by atoms with van der Waals surface area (Å²) in [5, 5.41) is 10.1. The Kier molecular flexibility index (Phi) is 2.82. The summed E-state index contributed by atoms with van der Waals surface area (Å²) in [6.07, 6.45) is 5.11. The molecule has 2 aromatic heterocycles. The Balaban J connectivity index is 1.93. The lowest BCUT2D eigenvalue weighted by Crippen LogP contribution is -2.08. The first-order valence-corrected chi connectivity index (χ1v) is 7.13. The molecule has 1 aromatic carbocycles. The third-order valence-corrected chi connectivity index (χ3v) is 3.92. The predicted molar refractivity (Wildman–Crippen MR) is 84.6 cm³/mol. The number of allylic oxidation sites excluding steroid dienone is 1. The third kappa shape index (κ3) is 2.00. The van der Waals surface area contributed by atoms with Crippen molar-refractivity contribution in [3.63, 3.8) is 0 Å². The van der Waals surface area contributed by atoms with Crippen LogP contribution in [0.25, 0.3) is 22.6 Å². The van der Waals surface area contributed by atoms with Gasteiger partial charge in [-0.15, -0.1) is 0 Å². The summed E-state index contributed by atoms with van der Waals surface area (Å²) in [5.74, 6) is 0.706. The van der Waals surface area contributed by atoms with Gasteiger partial charge < -0.3 is 9.52 Å². The van der Waals surface area contributed by atoms with Gasteiger partial charge >= 0.3 is 0 Å². The van der Waals surface area contributed by atoms with Gasteiger partial charge in [-0.1, -0.05) is 6.07 Å². The number of phenols is 1. The van der Waals surface area contributed by atoms with E-state index in [0.717, 1.165) is 17.7 Å². The molecule has 0 aliphatic heterocycles. The zero-order chi connectivity index (χ0) is 15.1. The highest BCUT2D eigenvalue weighted by Crippen LogP contribution is 2.34. The number of aromatic hydroxyl groups is 1. The van der Waals surface area contributed by atoms with Gasteiger partial charge in [0, 0.05) is 17.8 Å². The SMILES string of the molecule is O=c1c2c(oc3cc(O)ccc13)/C(=C/c1ccccn1)CC2. The highest BCUT2D eigenvalue weighted by Gasteiger charge is 2.24. The summed E-state index contributed by atoms with van der Waals surface area (Å²) < 4.78 is 5.89. The van der Waals surface area contributed by atoms with Crippen LogP contribution < -0.4 is 5.43 Å². The Morgan fingerprint density at radius 1 is 1.18 bits per heavy atom. The zero-order valence-corrected chi connectivity index (χ0v) is 11.7. The van der Waals surface area contributed by atoms with Crippen LogP contribution in [0.1, 0.15) is 23.4 Å². The molecule has 4 rings (SSSR count). The second kappa shape index (κ2) is 4.84. The molecule has 2 heterocycles. The first-order valence-electron chi connectivity index (χ1n) is 7.13. The Bertz CT molecular complexity index is 955. The molecule has 0 amide bonds. The van der Waals surface area contributed by atoms with Crippen molar-refractivity contribution >= 4 is 22.6 Å². The number of phenolic OH excluding ortho intramolecular Hbond substituents is 1. The molecular weight excluding hydrogens is 278 g/mol. The van der Waals surface area contributed by atoms with Crippen molar-refractivity contribution in [3.8, 4) is 5.75 Å². The van der Waals surface area contributed by atoms with Crippen LogP contribution in [0, 0.1) is 0 Å². The molecule has 0 fully saturated rings. The Morgan fingerprint density at radius 2 is 2.09 bits per heavy atom. The lowest BCUT2D eigenvalue weighted by Gasteiger charge is -2.04. The van der Waals surface area contributed by atoms with Crippen LogP contribution in [-0.2, 0) is 6.42 Å². The second-order valence-electron chi connectivity index (χ2n) is 5.34. The van der Waals surface area contributed by atoms with E-state index in [1.54, 1.807) is 12.3 Å². The molecule has 0 bridgehead atoms. The quantitative estimate of drug-likeness (QED) is 0.746. The van der Waals surface area contributed by atoms with Crippen LogP contribution in [0.15, 0.2) is 51.8 Å². The fourth-order valence-corrected chi connectivity index (χ4v) is 2.86. The van der Waals surface area contributed by atoms with Gasteiger partial charge in [-0.25, -0.2) is 0 Å². The molecule has 4 heteroatoms. The van der Waals surface area contributed by atoms with Gasteiger partial charge in [0.25, 0.3) is 0 Å². The summed E-state index contributed by atoms with van der Waals surface area (Å²) in [7, 11) is 0. The summed E-state index contributed by atoms with van der Waals surface area (Å²) in [4.78, 5) is 16.8. The maximum Gasteiger partial charge on any atom is 0.196 e. The lowest BCUT2D eigenvalue weighted by molar-refractivity contribution is 0.473. The van der Waals surface area contributed by atoms with E-state index in [-0.39, 0.29) is 11.2 Å². The number of nitrogens with zero attached hydrogens (tertiary/aromatic N) is 1. The van der Waals surface area contributed by atoms with Crippen LogP contribution >= 0.6 is 0 Å². The van der Waals surface area contributed by atoms with Crippen LogP contribution in [0.5, 0.6) is 5.75 Å². The number of aromatic nitrogens is 1. The maximum atomic E-state index is 12.5. The minimum absolute atomic E-state index is 0.0133. The van der Waals surface area contributed by atoms with Gasteiger partial charge in [0.1, 0.15) is 17.1 Å². The smallest absolute Gasteiger partial charge is 0.196 e. The summed E-state index contributed by atoms with van der Waals surface area (Å²) in [6, 6.07) is 10.3. The molecule has 0 unspecified atom stereocenters. The number of fused-ring (bicyclic) bond motifs is 2. The number of benzene rings is 1. The standard InChI is InChI=1S/C18H13NO3/c20-13-5-7-14-16(10-13)22-18-11(4-6-15(18)17(14)21)9-12-3-1-2-8-19-12/h1-3,5,7-10,20H,4,6H2/b11-9+. The number of hydrogen-bond donors (Lipinski definition) is 1. The zero-order valence-electron chi connectivity index (χ0n) is 11.7. The molecule has 1 aliphatic rings.